The molecule has 1 aromatic rings. The molecular weight excluding hydrogens is 384 g/mol. The molecule has 5 atom stereocenters. The Morgan fingerprint density at radius 2 is 1.94 bits per heavy atom. The summed E-state index contributed by atoms with van der Waals surface area (Å²) in [6.07, 6.45) is 7.44. The van der Waals surface area contributed by atoms with E-state index in [1.54, 1.807) is 5.57 Å². The van der Waals surface area contributed by atoms with Crippen molar-refractivity contribution < 1.29 is 9.53 Å². The van der Waals surface area contributed by atoms with Gasteiger partial charge in [0.15, 0.2) is 0 Å². The molecule has 1 aromatic carbocycles. The van der Waals surface area contributed by atoms with Crippen LogP contribution in [0.2, 0.25) is 0 Å². The molecule has 0 N–H and O–H groups in total. The van der Waals surface area contributed by atoms with Gasteiger partial charge in [0, 0.05) is 44.3 Å². The Hall–Kier alpha value is -1.81. The lowest BCUT2D eigenvalue weighted by Crippen LogP contribution is -2.49. The number of aryl methyl sites for hydroxylation is 2. The largest absolute Gasteiger partial charge is 0.461 e. The number of hydrogen-bond acceptors (Lipinski definition) is 4. The molecule has 4 heteroatoms. The molecule has 0 spiro atoms. The Labute approximate surface area is 187 Å². The molecule has 2 aliphatic heterocycles. The van der Waals surface area contributed by atoms with Crippen LogP contribution in [0.5, 0.6) is 0 Å². The zero-order valence-corrected chi connectivity index (χ0v) is 19.7. The lowest BCUT2D eigenvalue weighted by atomic mass is 9.59. The standard InChI is InChI=1S/C27H38N2O2/c1-18-7-8-24(20(3)14-18)29-12-10-28(11-13-29)17-22-21-15-23-19(2)6-5-9-27(23,4)16-25(21)31-26(22)30/h7-8,14-15,19,21-22,25H,5-6,9-13,16-17H2,1-4H3/t19-,21-,22-,25+,27+/m0/s1. The highest BCUT2D eigenvalue weighted by Gasteiger charge is 2.52. The number of carbonyl (C=O) groups excluding carboxylic acids is 1. The summed E-state index contributed by atoms with van der Waals surface area (Å²) in [6, 6.07) is 6.74. The highest BCUT2D eigenvalue weighted by molar-refractivity contribution is 5.76. The van der Waals surface area contributed by atoms with Crippen LogP contribution in [0.1, 0.15) is 50.7 Å². The molecule has 4 aliphatic rings. The van der Waals surface area contributed by atoms with Crippen LogP contribution < -0.4 is 4.90 Å². The normalized spacial score (nSPS) is 35.9. The molecule has 2 aliphatic carbocycles. The molecule has 5 rings (SSSR count). The molecule has 0 radical (unpaired) electrons. The summed E-state index contributed by atoms with van der Waals surface area (Å²) in [6.45, 7) is 14.1. The highest BCUT2D eigenvalue weighted by Crippen LogP contribution is 2.54. The van der Waals surface area contributed by atoms with Crippen molar-refractivity contribution in [3.05, 3.63) is 41.0 Å². The molecule has 0 aromatic heterocycles. The van der Waals surface area contributed by atoms with Gasteiger partial charge in [0.05, 0.1) is 5.92 Å². The van der Waals surface area contributed by atoms with Gasteiger partial charge in [-0.1, -0.05) is 49.6 Å². The van der Waals surface area contributed by atoms with E-state index >= 15 is 0 Å². The molecule has 0 bridgehead atoms. The lowest BCUT2D eigenvalue weighted by molar-refractivity contribution is -0.145. The van der Waals surface area contributed by atoms with Crippen molar-refractivity contribution >= 4 is 11.7 Å². The number of carbonyl (C=O) groups is 1. The van der Waals surface area contributed by atoms with Gasteiger partial charge in [0.1, 0.15) is 6.10 Å². The molecule has 2 heterocycles. The number of fused-ring (bicyclic) bond motifs is 2. The number of ether oxygens (including phenoxy) is 1. The van der Waals surface area contributed by atoms with Gasteiger partial charge in [-0.05, 0) is 56.1 Å². The highest BCUT2D eigenvalue weighted by atomic mass is 16.6. The van der Waals surface area contributed by atoms with E-state index in [0.717, 1.165) is 39.1 Å². The van der Waals surface area contributed by atoms with Crippen LogP contribution in [-0.4, -0.2) is 49.7 Å². The summed E-state index contributed by atoms with van der Waals surface area (Å²) in [5.41, 5.74) is 5.88. The zero-order valence-electron chi connectivity index (χ0n) is 19.7. The van der Waals surface area contributed by atoms with E-state index < -0.39 is 0 Å². The third-order valence-corrected chi connectivity index (χ3v) is 8.60. The first-order chi connectivity index (χ1) is 14.8. The molecular formula is C27H38N2O2. The Morgan fingerprint density at radius 3 is 2.68 bits per heavy atom. The van der Waals surface area contributed by atoms with Gasteiger partial charge in [-0.2, -0.15) is 0 Å². The molecule has 0 amide bonds. The van der Waals surface area contributed by atoms with Gasteiger partial charge >= 0.3 is 5.97 Å². The van der Waals surface area contributed by atoms with Gasteiger partial charge in [0.2, 0.25) is 0 Å². The van der Waals surface area contributed by atoms with Crippen LogP contribution in [0.15, 0.2) is 29.8 Å². The molecule has 3 fully saturated rings. The van der Waals surface area contributed by atoms with Crippen molar-refractivity contribution in [2.24, 2.45) is 23.2 Å². The minimum atomic E-state index is 0.00355. The smallest absolute Gasteiger partial charge is 0.311 e. The Morgan fingerprint density at radius 1 is 1.16 bits per heavy atom. The number of rotatable bonds is 3. The molecule has 31 heavy (non-hydrogen) atoms. The molecule has 1 saturated carbocycles. The molecule has 168 valence electrons. The minimum absolute atomic E-state index is 0.00355. The third-order valence-electron chi connectivity index (χ3n) is 8.60. The van der Waals surface area contributed by atoms with Crippen LogP contribution in [0.3, 0.4) is 0 Å². The predicted octanol–water partition coefficient (Wildman–Crippen LogP) is 4.74. The van der Waals surface area contributed by atoms with Crippen LogP contribution in [-0.2, 0) is 9.53 Å². The molecule has 0 unspecified atom stereocenters. The van der Waals surface area contributed by atoms with Crippen molar-refractivity contribution in [2.75, 3.05) is 37.6 Å². The summed E-state index contributed by atoms with van der Waals surface area (Å²) >= 11 is 0. The number of benzene rings is 1. The maximum Gasteiger partial charge on any atom is 0.311 e. The van der Waals surface area contributed by atoms with E-state index in [2.05, 4.69) is 61.8 Å². The Balaban J connectivity index is 1.26. The van der Waals surface area contributed by atoms with Crippen LogP contribution in [0, 0.1) is 37.0 Å². The fourth-order valence-corrected chi connectivity index (χ4v) is 6.87. The van der Waals surface area contributed by atoms with Crippen molar-refractivity contribution in [2.45, 2.75) is 59.5 Å². The minimum Gasteiger partial charge on any atom is -0.461 e. The Kier molecular flexibility index (Phi) is 5.40. The topological polar surface area (TPSA) is 32.8 Å². The number of hydrogen-bond donors (Lipinski definition) is 0. The number of nitrogens with zero attached hydrogens (tertiary/aromatic N) is 2. The maximum atomic E-state index is 12.9. The lowest BCUT2D eigenvalue weighted by Gasteiger charge is -2.46. The quantitative estimate of drug-likeness (QED) is 0.520. The van der Waals surface area contributed by atoms with Gasteiger partial charge in [-0.15, -0.1) is 0 Å². The summed E-state index contributed by atoms with van der Waals surface area (Å²) in [4.78, 5) is 17.9. The SMILES string of the molecule is Cc1ccc(N2CCN(C[C@@H]3C(=O)O[C@@H]4C[C@@]5(C)CCC[C@H](C)C5=C[C@@H]34)CC2)c(C)c1. The van der Waals surface area contributed by atoms with E-state index in [0.29, 0.717) is 5.92 Å². The summed E-state index contributed by atoms with van der Waals surface area (Å²) in [7, 11) is 0. The van der Waals surface area contributed by atoms with Crippen molar-refractivity contribution in [3.63, 3.8) is 0 Å². The van der Waals surface area contributed by atoms with Gasteiger partial charge in [-0.3, -0.25) is 9.69 Å². The fraction of sp³-hybridized carbons (Fsp3) is 0.667. The van der Waals surface area contributed by atoms with Crippen molar-refractivity contribution in [3.8, 4) is 0 Å². The first kappa shape index (κ1) is 21.1. The number of piperazine rings is 1. The van der Waals surface area contributed by atoms with Crippen molar-refractivity contribution in [1.82, 2.24) is 4.90 Å². The molecule has 2 saturated heterocycles. The fourth-order valence-electron chi connectivity index (χ4n) is 6.87. The monoisotopic (exact) mass is 422 g/mol. The third kappa shape index (κ3) is 3.82. The second-order valence-electron chi connectivity index (χ2n) is 10.9. The average molecular weight is 423 g/mol. The van der Waals surface area contributed by atoms with Crippen molar-refractivity contribution in [1.29, 1.82) is 0 Å². The molecule has 4 nitrogen and oxygen atoms in total. The zero-order chi connectivity index (χ0) is 21.8. The summed E-state index contributed by atoms with van der Waals surface area (Å²) < 4.78 is 5.97. The van der Waals surface area contributed by atoms with E-state index in [4.69, 9.17) is 4.74 Å². The maximum absolute atomic E-state index is 12.9. The average Bonchev–Trinajstić information content (AvgIpc) is 3.01. The Bertz CT molecular complexity index is 885. The second-order valence-corrected chi connectivity index (χ2v) is 10.9. The van der Waals surface area contributed by atoms with Gasteiger partial charge in [0.25, 0.3) is 0 Å². The van der Waals surface area contributed by atoms with E-state index in [1.165, 1.54) is 36.1 Å². The first-order valence-electron chi connectivity index (χ1n) is 12.3. The van der Waals surface area contributed by atoms with Gasteiger partial charge in [-0.25, -0.2) is 0 Å². The van der Waals surface area contributed by atoms with E-state index in [-0.39, 0.29) is 29.3 Å². The predicted molar refractivity (Wildman–Crippen MR) is 125 cm³/mol. The van der Waals surface area contributed by atoms with Crippen LogP contribution in [0.25, 0.3) is 0 Å². The van der Waals surface area contributed by atoms with Crippen LogP contribution in [0.4, 0.5) is 5.69 Å². The van der Waals surface area contributed by atoms with E-state index in [9.17, 15) is 4.79 Å². The van der Waals surface area contributed by atoms with Crippen LogP contribution >= 0.6 is 0 Å². The number of anilines is 1. The van der Waals surface area contributed by atoms with Gasteiger partial charge < -0.3 is 9.64 Å². The summed E-state index contributed by atoms with van der Waals surface area (Å²) in [5.74, 6) is 0.966. The second kappa shape index (κ2) is 7.95. The summed E-state index contributed by atoms with van der Waals surface area (Å²) in [5, 5.41) is 0. The number of esters is 1. The number of allylic oxidation sites excluding steroid dienone is 1. The van der Waals surface area contributed by atoms with E-state index in [1.807, 2.05) is 0 Å². The first-order valence-corrected chi connectivity index (χ1v) is 12.3.